The number of sulfonamides is 1. The van der Waals surface area contributed by atoms with Gasteiger partial charge < -0.3 is 0 Å². The lowest BCUT2D eigenvalue weighted by molar-refractivity contribution is 0.601. The first-order valence-corrected chi connectivity index (χ1v) is 9.86. The fourth-order valence-electron chi connectivity index (χ4n) is 1.65. The molecule has 1 aromatic carbocycles. The molecule has 2 aromatic heterocycles. The highest BCUT2D eigenvalue weighted by molar-refractivity contribution is 9.10. The second kappa shape index (κ2) is 5.88. The predicted molar refractivity (Wildman–Crippen MR) is 90.4 cm³/mol. The first-order valence-electron chi connectivity index (χ1n) is 5.82. The Morgan fingerprint density at radius 2 is 1.86 bits per heavy atom. The summed E-state index contributed by atoms with van der Waals surface area (Å²) in [5, 5.41) is 4.16. The number of rotatable bonds is 4. The highest BCUT2D eigenvalue weighted by Crippen LogP contribution is 2.29. The molecule has 0 saturated carbocycles. The Morgan fingerprint density at radius 3 is 2.52 bits per heavy atom. The van der Waals surface area contributed by atoms with Crippen LogP contribution in [0.25, 0.3) is 10.6 Å². The largest absolute Gasteiger partial charge is 0.263 e. The first kappa shape index (κ1) is 14.7. The molecule has 0 bridgehead atoms. The first-order chi connectivity index (χ1) is 10.0. The van der Waals surface area contributed by atoms with E-state index in [0.29, 0.717) is 5.13 Å². The second-order valence-corrected chi connectivity index (χ2v) is 8.48. The van der Waals surface area contributed by atoms with Gasteiger partial charge in [0.15, 0.2) is 5.13 Å². The van der Waals surface area contributed by atoms with Gasteiger partial charge in [0.1, 0.15) is 0 Å². The van der Waals surface area contributed by atoms with Crippen LogP contribution in [0.3, 0.4) is 0 Å². The summed E-state index contributed by atoms with van der Waals surface area (Å²) in [5.41, 5.74) is 0.781. The Bertz CT molecular complexity index is 840. The number of thiophene rings is 1. The highest BCUT2D eigenvalue weighted by Gasteiger charge is 2.16. The zero-order valence-electron chi connectivity index (χ0n) is 10.5. The molecule has 0 aliphatic carbocycles. The van der Waals surface area contributed by atoms with E-state index in [2.05, 4.69) is 25.6 Å². The number of nitrogens with zero attached hydrogens (tertiary/aromatic N) is 1. The molecule has 0 spiro atoms. The highest BCUT2D eigenvalue weighted by atomic mass is 79.9. The lowest BCUT2D eigenvalue weighted by Crippen LogP contribution is -2.12. The molecule has 8 heteroatoms. The van der Waals surface area contributed by atoms with Crippen LogP contribution in [-0.4, -0.2) is 13.4 Å². The van der Waals surface area contributed by atoms with Crippen molar-refractivity contribution in [2.24, 2.45) is 0 Å². The van der Waals surface area contributed by atoms with Crippen LogP contribution in [0.1, 0.15) is 0 Å². The smallest absolute Gasteiger partial charge is 0.255 e. The molecule has 0 fully saturated rings. The van der Waals surface area contributed by atoms with Crippen LogP contribution in [0.4, 0.5) is 5.13 Å². The zero-order valence-corrected chi connectivity index (χ0v) is 14.5. The average molecular weight is 401 g/mol. The van der Waals surface area contributed by atoms with Gasteiger partial charge in [-0.25, -0.2) is 13.4 Å². The molecule has 3 rings (SSSR count). The quantitative estimate of drug-likeness (QED) is 0.704. The molecule has 3 aromatic rings. The third kappa shape index (κ3) is 3.34. The monoisotopic (exact) mass is 400 g/mol. The lowest BCUT2D eigenvalue weighted by atomic mass is 10.4. The minimum absolute atomic E-state index is 0.207. The molecule has 0 atom stereocenters. The molecular weight excluding hydrogens is 392 g/mol. The van der Waals surface area contributed by atoms with Crippen LogP contribution in [0.15, 0.2) is 56.5 Å². The van der Waals surface area contributed by atoms with Crippen molar-refractivity contribution in [3.05, 3.63) is 51.6 Å². The van der Waals surface area contributed by atoms with Gasteiger partial charge >= 0.3 is 0 Å². The summed E-state index contributed by atoms with van der Waals surface area (Å²) in [5.74, 6) is 0. The van der Waals surface area contributed by atoms with E-state index in [1.807, 2.05) is 22.9 Å². The Hall–Kier alpha value is -1.22. The van der Waals surface area contributed by atoms with Gasteiger partial charge in [0.05, 0.1) is 15.5 Å². The Morgan fingerprint density at radius 1 is 1.10 bits per heavy atom. The van der Waals surface area contributed by atoms with E-state index in [1.54, 1.807) is 35.6 Å². The van der Waals surface area contributed by atoms with Crippen molar-refractivity contribution < 1.29 is 8.42 Å². The van der Waals surface area contributed by atoms with Gasteiger partial charge in [-0.15, -0.1) is 22.7 Å². The molecule has 4 nitrogen and oxygen atoms in total. The maximum Gasteiger partial charge on any atom is 0.263 e. The molecule has 0 radical (unpaired) electrons. The Labute approximate surface area is 138 Å². The van der Waals surface area contributed by atoms with Crippen molar-refractivity contribution in [1.29, 1.82) is 0 Å². The molecular formula is C13H9BrN2O2S3. The molecule has 0 aliphatic rings. The number of anilines is 1. The normalized spacial score (nSPS) is 11.5. The van der Waals surface area contributed by atoms with Crippen molar-refractivity contribution in [2.75, 3.05) is 4.72 Å². The summed E-state index contributed by atoms with van der Waals surface area (Å²) in [6.45, 7) is 0. The molecule has 0 saturated heterocycles. The van der Waals surface area contributed by atoms with Crippen LogP contribution < -0.4 is 4.72 Å². The Balaban J connectivity index is 1.84. The van der Waals surface area contributed by atoms with E-state index >= 15 is 0 Å². The van der Waals surface area contributed by atoms with Gasteiger partial charge in [0, 0.05) is 9.85 Å². The van der Waals surface area contributed by atoms with Gasteiger partial charge in [-0.3, -0.25) is 4.72 Å². The maximum absolute atomic E-state index is 12.3. The topological polar surface area (TPSA) is 59.1 Å². The Kier molecular flexibility index (Phi) is 4.12. The SMILES string of the molecule is O=S(=O)(Nc1nc(-c2cccs2)cs1)c1ccc(Br)cc1. The average Bonchev–Trinajstić information content (AvgIpc) is 3.09. The van der Waals surface area contributed by atoms with Crippen molar-refractivity contribution in [3.8, 4) is 10.6 Å². The summed E-state index contributed by atoms with van der Waals surface area (Å²) in [6, 6.07) is 10.3. The van der Waals surface area contributed by atoms with Gasteiger partial charge in [-0.1, -0.05) is 22.0 Å². The fourth-order valence-corrected chi connectivity index (χ4v) is 4.63. The van der Waals surface area contributed by atoms with Crippen molar-refractivity contribution in [2.45, 2.75) is 4.90 Å². The van der Waals surface area contributed by atoms with E-state index in [0.717, 1.165) is 15.0 Å². The number of benzene rings is 1. The van der Waals surface area contributed by atoms with Crippen molar-refractivity contribution in [1.82, 2.24) is 4.98 Å². The van der Waals surface area contributed by atoms with Gasteiger partial charge in [0.25, 0.3) is 10.0 Å². The molecule has 21 heavy (non-hydrogen) atoms. The van der Waals surface area contributed by atoms with E-state index in [1.165, 1.54) is 11.3 Å². The van der Waals surface area contributed by atoms with Gasteiger partial charge in [-0.2, -0.15) is 0 Å². The molecule has 0 aliphatic heterocycles. The van der Waals surface area contributed by atoms with Crippen molar-refractivity contribution in [3.63, 3.8) is 0 Å². The molecule has 1 N–H and O–H groups in total. The second-order valence-electron chi connectivity index (χ2n) is 4.07. The standard InChI is InChI=1S/C13H9BrN2O2S3/c14-9-3-5-10(6-4-9)21(17,18)16-13-15-11(8-20-13)12-2-1-7-19-12/h1-8H,(H,15,16). The van der Waals surface area contributed by atoms with Crippen LogP contribution in [0, 0.1) is 0 Å². The molecule has 0 amide bonds. The predicted octanol–water partition coefficient (Wildman–Crippen LogP) is 4.43. The number of aromatic nitrogens is 1. The number of nitrogens with one attached hydrogen (secondary N) is 1. The van der Waals surface area contributed by atoms with E-state index in [9.17, 15) is 8.42 Å². The van der Waals surface area contributed by atoms with E-state index < -0.39 is 10.0 Å². The molecule has 2 heterocycles. The van der Waals surface area contributed by atoms with Crippen LogP contribution in [0.2, 0.25) is 0 Å². The summed E-state index contributed by atoms with van der Waals surface area (Å²) in [4.78, 5) is 5.53. The minimum Gasteiger partial charge on any atom is -0.255 e. The van der Waals surface area contributed by atoms with Gasteiger partial charge in [0.2, 0.25) is 0 Å². The number of hydrogen-bond acceptors (Lipinski definition) is 5. The number of halogens is 1. The fraction of sp³-hybridized carbons (Fsp3) is 0. The summed E-state index contributed by atoms with van der Waals surface area (Å²) >= 11 is 6.12. The summed E-state index contributed by atoms with van der Waals surface area (Å²) in [6.07, 6.45) is 0. The summed E-state index contributed by atoms with van der Waals surface area (Å²) in [7, 11) is -3.61. The third-order valence-electron chi connectivity index (χ3n) is 2.62. The van der Waals surface area contributed by atoms with Gasteiger partial charge in [-0.05, 0) is 35.7 Å². The number of thiazole rings is 1. The van der Waals surface area contributed by atoms with Crippen LogP contribution in [-0.2, 0) is 10.0 Å². The molecule has 0 unspecified atom stereocenters. The zero-order chi connectivity index (χ0) is 14.9. The van der Waals surface area contributed by atoms with E-state index in [4.69, 9.17) is 0 Å². The molecule has 108 valence electrons. The summed E-state index contributed by atoms with van der Waals surface area (Å²) < 4.78 is 27.8. The van der Waals surface area contributed by atoms with Crippen molar-refractivity contribution >= 4 is 53.8 Å². The maximum atomic E-state index is 12.3. The lowest BCUT2D eigenvalue weighted by Gasteiger charge is -2.04. The van der Waals surface area contributed by atoms with E-state index in [-0.39, 0.29) is 4.90 Å². The third-order valence-corrected chi connectivity index (χ3v) is 6.29. The van der Waals surface area contributed by atoms with Crippen LogP contribution in [0.5, 0.6) is 0 Å². The number of hydrogen-bond donors (Lipinski definition) is 1. The minimum atomic E-state index is -3.61. The van der Waals surface area contributed by atoms with Crippen LogP contribution >= 0.6 is 38.6 Å².